The fourth-order valence-electron chi connectivity index (χ4n) is 5.92. The summed E-state index contributed by atoms with van der Waals surface area (Å²) >= 11 is 0. The molecule has 0 unspecified atom stereocenters. The third-order valence-electron chi connectivity index (χ3n) is 7.90. The molecule has 0 saturated carbocycles. The van der Waals surface area contributed by atoms with E-state index in [2.05, 4.69) is 15.5 Å². The lowest BCUT2D eigenvalue weighted by Gasteiger charge is -2.37. The van der Waals surface area contributed by atoms with Crippen LogP contribution >= 0.6 is 12.4 Å². The zero-order valence-electron chi connectivity index (χ0n) is 24.3. The Morgan fingerprint density at radius 2 is 1.36 bits per heavy atom. The number of carbonyl (C=O) groups is 1. The first-order chi connectivity index (χ1) is 20.7. The lowest BCUT2D eigenvalue weighted by Crippen LogP contribution is -2.53. The number of fused-ring (bicyclic) bond motifs is 1. The predicted octanol–water partition coefficient (Wildman–Crippen LogP) is 2.48. The highest BCUT2D eigenvalue weighted by Gasteiger charge is 2.28. The summed E-state index contributed by atoms with van der Waals surface area (Å²) in [5.41, 5.74) is 26.7. The van der Waals surface area contributed by atoms with Crippen molar-refractivity contribution in [3.05, 3.63) is 72.3 Å². The molecule has 13 heteroatoms. The molecule has 2 aliphatic heterocycles. The molecule has 44 heavy (non-hydrogen) atoms. The van der Waals surface area contributed by atoms with Gasteiger partial charge in [-0.25, -0.2) is 0 Å². The molecule has 232 valence electrons. The number of phenols is 1. The van der Waals surface area contributed by atoms with E-state index in [1.807, 2.05) is 47.4 Å². The van der Waals surface area contributed by atoms with E-state index in [0.29, 0.717) is 49.0 Å². The van der Waals surface area contributed by atoms with Crippen LogP contribution in [0.1, 0.15) is 23.2 Å². The number of amides is 1. The molecule has 0 radical (unpaired) electrons. The van der Waals surface area contributed by atoms with Crippen LogP contribution in [0.25, 0.3) is 10.8 Å². The second-order valence-corrected chi connectivity index (χ2v) is 11.6. The van der Waals surface area contributed by atoms with Crippen molar-refractivity contribution in [2.75, 3.05) is 46.6 Å². The van der Waals surface area contributed by atoms with Crippen LogP contribution in [0, 0.1) is 0 Å². The van der Waals surface area contributed by atoms with Gasteiger partial charge >= 0.3 is 0 Å². The van der Waals surface area contributed by atoms with E-state index < -0.39 is 5.91 Å². The number of halogens is 1. The van der Waals surface area contributed by atoms with Gasteiger partial charge in [-0.3, -0.25) is 4.79 Å². The molecular weight excluding hydrogens is 580 g/mol. The number of anilines is 5. The van der Waals surface area contributed by atoms with Crippen molar-refractivity contribution in [3.63, 3.8) is 0 Å². The number of nitrogens with two attached hydrogens (primary N) is 4. The number of hydrogen-bond donors (Lipinski definition) is 7. The summed E-state index contributed by atoms with van der Waals surface area (Å²) in [6, 6.07) is 19.7. The molecule has 3 heterocycles. The number of carbonyl (C=O) groups excluding carboxylic acids is 1. The van der Waals surface area contributed by atoms with Crippen molar-refractivity contribution in [2.45, 2.75) is 37.0 Å². The minimum Gasteiger partial charge on any atom is -0.506 e. The molecule has 6 rings (SSSR count). The molecule has 0 spiro atoms. The average molecular weight is 619 g/mol. The topological polar surface area (TPSA) is 198 Å². The van der Waals surface area contributed by atoms with Crippen LogP contribution in [0.15, 0.2) is 66.7 Å². The molecule has 2 aliphatic rings. The van der Waals surface area contributed by atoms with Gasteiger partial charge in [-0.15, -0.1) is 12.4 Å². The highest BCUT2D eigenvalue weighted by atomic mass is 35.5. The predicted molar refractivity (Wildman–Crippen MR) is 178 cm³/mol. The fourth-order valence-corrected chi connectivity index (χ4v) is 5.92. The molecule has 1 aromatic heterocycles. The highest BCUT2D eigenvalue weighted by molar-refractivity contribution is 6.09. The Hall–Kier alpha value is -4.20. The summed E-state index contributed by atoms with van der Waals surface area (Å²) in [6.07, 6.45) is 1.51. The Bertz CT molecular complexity index is 1560. The van der Waals surface area contributed by atoms with Crippen LogP contribution in [0.5, 0.6) is 5.75 Å². The molecule has 0 aliphatic carbocycles. The lowest BCUT2D eigenvalue weighted by atomic mass is 10.0. The molecular formula is C31H39ClN10O2. The molecule has 0 bridgehead atoms. The molecule has 12 nitrogen and oxygen atoms in total. The van der Waals surface area contributed by atoms with Crippen LogP contribution < -0.4 is 43.4 Å². The molecule has 4 atom stereocenters. The summed E-state index contributed by atoms with van der Waals surface area (Å²) in [6.45, 7) is 2.50. The second kappa shape index (κ2) is 13.2. The van der Waals surface area contributed by atoms with Gasteiger partial charge in [0, 0.05) is 73.2 Å². The highest BCUT2D eigenvalue weighted by Crippen LogP contribution is 2.30. The van der Waals surface area contributed by atoms with Crippen molar-refractivity contribution >= 4 is 58.0 Å². The third-order valence-corrected chi connectivity index (χ3v) is 7.90. The Labute approximate surface area is 262 Å². The number of hydrogen-bond acceptors (Lipinski definition) is 11. The van der Waals surface area contributed by atoms with E-state index in [0.717, 1.165) is 29.7 Å². The largest absolute Gasteiger partial charge is 0.506 e. The fraction of sp³-hybridized carbons (Fsp3) is 0.323. The smallest absolute Gasteiger partial charge is 0.259 e. The number of aromatic hydroxyl groups is 1. The summed E-state index contributed by atoms with van der Waals surface area (Å²) in [5, 5.41) is 18.4. The van der Waals surface area contributed by atoms with Gasteiger partial charge in [-0.2, -0.15) is 9.97 Å². The Kier molecular flexibility index (Phi) is 9.37. The van der Waals surface area contributed by atoms with E-state index in [1.54, 1.807) is 24.3 Å². The van der Waals surface area contributed by atoms with Gasteiger partial charge in [0.05, 0.1) is 5.56 Å². The van der Waals surface area contributed by atoms with Crippen LogP contribution in [0.2, 0.25) is 0 Å². The van der Waals surface area contributed by atoms with Gasteiger partial charge in [-0.05, 0) is 48.6 Å². The second-order valence-electron chi connectivity index (χ2n) is 11.6. The van der Waals surface area contributed by atoms with Gasteiger partial charge in [-0.1, -0.05) is 30.3 Å². The summed E-state index contributed by atoms with van der Waals surface area (Å²) in [4.78, 5) is 26.8. The standard InChI is InChI=1S/C31H38N10O2.ClH/c32-19-11-20(33)15-40(14-19)28-13-27(38-31(39-28)41-16-21(34)12-22(35)17-41)36-23-6-8-24(9-7-23)37-30(43)26-10-5-18-3-1-2-4-25(18)29(26)42;/h1-10,13,19-22,42H,11-12,14-17,32-35H2,(H,37,43)(H,36,38,39);1H/t19-,20+,21-,22+;. The number of rotatable bonds is 6. The van der Waals surface area contributed by atoms with Gasteiger partial charge in [0.15, 0.2) is 0 Å². The maximum atomic E-state index is 13.0. The monoisotopic (exact) mass is 618 g/mol. The van der Waals surface area contributed by atoms with Crippen molar-refractivity contribution < 1.29 is 9.90 Å². The van der Waals surface area contributed by atoms with Gasteiger partial charge < -0.3 is 48.5 Å². The van der Waals surface area contributed by atoms with E-state index >= 15 is 0 Å². The van der Waals surface area contributed by atoms with E-state index in [4.69, 9.17) is 32.9 Å². The Morgan fingerprint density at radius 3 is 2.02 bits per heavy atom. The minimum absolute atomic E-state index is 0. The van der Waals surface area contributed by atoms with E-state index in [9.17, 15) is 9.90 Å². The quantitative estimate of drug-likeness (QED) is 0.167. The number of piperidine rings is 2. The normalized spacial score (nSPS) is 21.9. The summed E-state index contributed by atoms with van der Waals surface area (Å²) < 4.78 is 0. The maximum Gasteiger partial charge on any atom is 0.259 e. The SMILES string of the molecule is Cl.N[C@@H]1C[C@H](N)CN(c2cc(Nc3ccc(NC(=O)c4ccc5ccccc5c4O)cc3)nc(N3C[C@H](N)C[C@H](N)C3)n2)C1. The molecule has 2 fully saturated rings. The average Bonchev–Trinajstić information content (AvgIpc) is 2.97. The van der Waals surface area contributed by atoms with Crippen molar-refractivity contribution in [2.24, 2.45) is 22.9 Å². The number of nitrogens with zero attached hydrogens (tertiary/aromatic N) is 4. The Balaban J connectivity index is 0.00000384. The van der Waals surface area contributed by atoms with Crippen LogP contribution in [-0.2, 0) is 0 Å². The van der Waals surface area contributed by atoms with Crippen molar-refractivity contribution in [1.82, 2.24) is 9.97 Å². The third kappa shape index (κ3) is 6.95. The van der Waals surface area contributed by atoms with Crippen molar-refractivity contribution in [1.29, 1.82) is 0 Å². The molecule has 11 N–H and O–H groups in total. The number of aromatic nitrogens is 2. The zero-order valence-corrected chi connectivity index (χ0v) is 25.1. The van der Waals surface area contributed by atoms with Crippen LogP contribution in [0.4, 0.5) is 29.0 Å². The van der Waals surface area contributed by atoms with Crippen LogP contribution in [0.3, 0.4) is 0 Å². The molecule has 4 aromatic rings. The first-order valence-corrected chi connectivity index (χ1v) is 14.5. The van der Waals surface area contributed by atoms with E-state index in [-0.39, 0.29) is 47.9 Å². The van der Waals surface area contributed by atoms with Crippen molar-refractivity contribution in [3.8, 4) is 5.75 Å². The van der Waals surface area contributed by atoms with Crippen LogP contribution in [-0.4, -0.2) is 71.3 Å². The first-order valence-electron chi connectivity index (χ1n) is 14.5. The number of benzene rings is 3. The summed E-state index contributed by atoms with van der Waals surface area (Å²) in [7, 11) is 0. The van der Waals surface area contributed by atoms with E-state index in [1.165, 1.54) is 0 Å². The summed E-state index contributed by atoms with van der Waals surface area (Å²) in [5.74, 6) is 1.42. The first kappa shape index (κ1) is 31.2. The number of nitrogens with one attached hydrogen (secondary N) is 2. The zero-order chi connectivity index (χ0) is 30.1. The molecule has 2 saturated heterocycles. The molecule has 1 amide bonds. The van der Waals surface area contributed by atoms with Gasteiger partial charge in [0.1, 0.15) is 17.4 Å². The van der Waals surface area contributed by atoms with Gasteiger partial charge in [0.25, 0.3) is 5.91 Å². The lowest BCUT2D eigenvalue weighted by molar-refractivity contribution is 0.102. The van der Waals surface area contributed by atoms with Gasteiger partial charge in [0.2, 0.25) is 5.95 Å². The molecule has 3 aromatic carbocycles. The minimum atomic E-state index is -0.398. The maximum absolute atomic E-state index is 13.0. The Morgan fingerprint density at radius 1 is 0.773 bits per heavy atom. The number of phenolic OH excluding ortho intramolecular Hbond substituents is 1.